The number of ether oxygens (including phenoxy) is 1. The van der Waals surface area contributed by atoms with Crippen LogP contribution >= 0.6 is 0 Å². The van der Waals surface area contributed by atoms with Crippen molar-refractivity contribution in [1.82, 2.24) is 0 Å². The van der Waals surface area contributed by atoms with Gasteiger partial charge in [-0.2, -0.15) is 0 Å². The fraction of sp³-hybridized carbons (Fsp3) is 0.375. The first-order chi connectivity index (χ1) is 8.75. The van der Waals surface area contributed by atoms with E-state index in [1.807, 2.05) is 6.92 Å². The van der Waals surface area contributed by atoms with Gasteiger partial charge in [0.15, 0.2) is 0 Å². The summed E-state index contributed by atoms with van der Waals surface area (Å²) in [7, 11) is 0. The average Bonchev–Trinajstić information content (AvgIpc) is 3.19. The summed E-state index contributed by atoms with van der Waals surface area (Å²) >= 11 is 0. The zero-order chi connectivity index (χ0) is 12.5. The first kappa shape index (κ1) is 11.5. The maximum absolute atomic E-state index is 6.06. The van der Waals surface area contributed by atoms with Gasteiger partial charge in [0.1, 0.15) is 5.75 Å². The number of fused-ring (bicyclic) bond motifs is 1. The van der Waals surface area contributed by atoms with Crippen LogP contribution in [-0.4, -0.2) is 6.61 Å². The molecule has 1 unspecified atom stereocenters. The summed E-state index contributed by atoms with van der Waals surface area (Å²) in [6.45, 7) is 2.84. The standard InChI is InChI=1S/C16H19NO/c1-11(17)14-9-8-13-4-2-3-5-15(13)16(14)18-10-12-6-7-12/h2-5,8-9,11-12H,6-7,10,17H2,1H3. The molecule has 2 aromatic rings. The Morgan fingerprint density at radius 2 is 2.00 bits per heavy atom. The third-order valence-electron chi connectivity index (χ3n) is 3.56. The van der Waals surface area contributed by atoms with Crippen LogP contribution in [0.15, 0.2) is 36.4 Å². The molecule has 0 radical (unpaired) electrons. The highest BCUT2D eigenvalue weighted by Crippen LogP contribution is 2.35. The molecule has 94 valence electrons. The minimum absolute atomic E-state index is 0.00353. The molecular weight excluding hydrogens is 222 g/mol. The van der Waals surface area contributed by atoms with Crippen molar-refractivity contribution in [3.05, 3.63) is 42.0 Å². The fourth-order valence-corrected chi connectivity index (χ4v) is 2.27. The van der Waals surface area contributed by atoms with Gasteiger partial charge in [-0.3, -0.25) is 0 Å². The van der Waals surface area contributed by atoms with E-state index in [0.29, 0.717) is 0 Å². The van der Waals surface area contributed by atoms with Crippen LogP contribution in [0.25, 0.3) is 10.8 Å². The summed E-state index contributed by atoms with van der Waals surface area (Å²) in [5, 5.41) is 2.39. The molecule has 1 aliphatic rings. The molecule has 2 heteroatoms. The number of benzene rings is 2. The largest absolute Gasteiger partial charge is 0.492 e. The molecule has 3 rings (SSSR count). The summed E-state index contributed by atoms with van der Waals surface area (Å²) in [6, 6.07) is 12.6. The molecule has 0 aromatic heterocycles. The molecule has 1 atom stereocenters. The Bertz CT molecular complexity index is 558. The van der Waals surface area contributed by atoms with Crippen LogP contribution in [-0.2, 0) is 0 Å². The summed E-state index contributed by atoms with van der Waals surface area (Å²) in [5.41, 5.74) is 7.15. The van der Waals surface area contributed by atoms with Gasteiger partial charge < -0.3 is 10.5 Å². The highest BCUT2D eigenvalue weighted by Gasteiger charge is 2.23. The van der Waals surface area contributed by atoms with E-state index >= 15 is 0 Å². The van der Waals surface area contributed by atoms with Crippen molar-refractivity contribution in [3.63, 3.8) is 0 Å². The summed E-state index contributed by atoms with van der Waals surface area (Å²) in [4.78, 5) is 0. The van der Waals surface area contributed by atoms with Gasteiger partial charge in [-0.15, -0.1) is 0 Å². The lowest BCUT2D eigenvalue weighted by Crippen LogP contribution is -2.09. The first-order valence-corrected chi connectivity index (χ1v) is 6.65. The van der Waals surface area contributed by atoms with E-state index in [9.17, 15) is 0 Å². The van der Waals surface area contributed by atoms with Crippen molar-refractivity contribution in [2.75, 3.05) is 6.61 Å². The van der Waals surface area contributed by atoms with Gasteiger partial charge in [0, 0.05) is 17.0 Å². The first-order valence-electron chi connectivity index (χ1n) is 6.65. The summed E-state index contributed by atoms with van der Waals surface area (Å²) in [5.74, 6) is 1.74. The lowest BCUT2D eigenvalue weighted by atomic mass is 10.0. The summed E-state index contributed by atoms with van der Waals surface area (Å²) < 4.78 is 6.06. The smallest absolute Gasteiger partial charge is 0.131 e. The van der Waals surface area contributed by atoms with Gasteiger partial charge in [-0.1, -0.05) is 36.4 Å². The van der Waals surface area contributed by atoms with Crippen molar-refractivity contribution in [3.8, 4) is 5.75 Å². The Morgan fingerprint density at radius 1 is 1.22 bits per heavy atom. The van der Waals surface area contributed by atoms with E-state index in [2.05, 4.69) is 36.4 Å². The third kappa shape index (κ3) is 2.21. The Morgan fingerprint density at radius 3 is 2.72 bits per heavy atom. The predicted octanol–water partition coefficient (Wildman–Crippen LogP) is 3.65. The van der Waals surface area contributed by atoms with Gasteiger partial charge in [0.25, 0.3) is 0 Å². The van der Waals surface area contributed by atoms with Crippen LogP contribution in [0.2, 0.25) is 0 Å². The van der Waals surface area contributed by atoms with E-state index in [1.165, 1.54) is 23.6 Å². The molecule has 0 aliphatic heterocycles. The Balaban J connectivity index is 2.05. The van der Waals surface area contributed by atoms with Crippen molar-refractivity contribution >= 4 is 10.8 Å². The average molecular weight is 241 g/mol. The zero-order valence-corrected chi connectivity index (χ0v) is 10.7. The predicted molar refractivity (Wildman–Crippen MR) is 74.8 cm³/mol. The van der Waals surface area contributed by atoms with Crippen molar-refractivity contribution in [2.24, 2.45) is 11.7 Å². The molecule has 1 fully saturated rings. The highest BCUT2D eigenvalue weighted by molar-refractivity contribution is 5.89. The second-order valence-corrected chi connectivity index (χ2v) is 5.25. The SMILES string of the molecule is CC(N)c1ccc2ccccc2c1OCC1CC1. The third-order valence-corrected chi connectivity index (χ3v) is 3.56. The quantitative estimate of drug-likeness (QED) is 0.886. The summed E-state index contributed by atoms with van der Waals surface area (Å²) in [6.07, 6.45) is 2.61. The van der Waals surface area contributed by atoms with Gasteiger partial charge in [-0.25, -0.2) is 0 Å². The lowest BCUT2D eigenvalue weighted by molar-refractivity contribution is 0.299. The fourth-order valence-electron chi connectivity index (χ4n) is 2.27. The minimum atomic E-state index is 0.00353. The van der Waals surface area contributed by atoms with E-state index < -0.39 is 0 Å². The van der Waals surface area contributed by atoms with Crippen molar-refractivity contribution in [1.29, 1.82) is 0 Å². The molecule has 0 spiro atoms. The Hall–Kier alpha value is -1.54. The second kappa shape index (κ2) is 4.62. The van der Waals surface area contributed by atoms with Crippen LogP contribution in [0.1, 0.15) is 31.4 Å². The molecule has 0 bridgehead atoms. The molecule has 0 saturated heterocycles. The second-order valence-electron chi connectivity index (χ2n) is 5.25. The minimum Gasteiger partial charge on any atom is -0.492 e. The van der Waals surface area contributed by atoms with E-state index in [1.54, 1.807) is 0 Å². The number of rotatable bonds is 4. The maximum Gasteiger partial charge on any atom is 0.131 e. The van der Waals surface area contributed by atoms with Crippen molar-refractivity contribution < 1.29 is 4.74 Å². The van der Waals surface area contributed by atoms with E-state index in [4.69, 9.17) is 10.5 Å². The van der Waals surface area contributed by atoms with Crippen LogP contribution < -0.4 is 10.5 Å². The molecule has 2 nitrogen and oxygen atoms in total. The molecular formula is C16H19NO. The normalized spacial score (nSPS) is 16.8. The van der Waals surface area contributed by atoms with Gasteiger partial charge in [0.2, 0.25) is 0 Å². The monoisotopic (exact) mass is 241 g/mol. The molecule has 2 N–H and O–H groups in total. The van der Waals surface area contributed by atoms with Gasteiger partial charge in [-0.05, 0) is 31.1 Å². The van der Waals surface area contributed by atoms with E-state index in [0.717, 1.165) is 23.8 Å². The molecule has 0 amide bonds. The number of hydrogen-bond donors (Lipinski definition) is 1. The molecule has 1 saturated carbocycles. The molecule has 0 heterocycles. The lowest BCUT2D eigenvalue weighted by Gasteiger charge is -2.16. The zero-order valence-electron chi connectivity index (χ0n) is 10.7. The van der Waals surface area contributed by atoms with Crippen LogP contribution in [0, 0.1) is 5.92 Å². The Kier molecular flexibility index (Phi) is 2.96. The number of nitrogens with two attached hydrogens (primary N) is 1. The van der Waals surface area contributed by atoms with E-state index in [-0.39, 0.29) is 6.04 Å². The highest BCUT2D eigenvalue weighted by atomic mass is 16.5. The van der Waals surface area contributed by atoms with Gasteiger partial charge in [0.05, 0.1) is 6.61 Å². The number of hydrogen-bond acceptors (Lipinski definition) is 2. The van der Waals surface area contributed by atoms with Gasteiger partial charge >= 0.3 is 0 Å². The maximum atomic E-state index is 6.06. The van der Waals surface area contributed by atoms with Crippen molar-refractivity contribution in [2.45, 2.75) is 25.8 Å². The van der Waals surface area contributed by atoms with Crippen LogP contribution in [0.5, 0.6) is 5.75 Å². The van der Waals surface area contributed by atoms with Crippen LogP contribution in [0.4, 0.5) is 0 Å². The topological polar surface area (TPSA) is 35.2 Å². The molecule has 18 heavy (non-hydrogen) atoms. The molecule has 2 aromatic carbocycles. The molecule has 1 aliphatic carbocycles. The van der Waals surface area contributed by atoms with Crippen LogP contribution in [0.3, 0.4) is 0 Å². The Labute approximate surface area is 108 Å².